The van der Waals surface area contributed by atoms with Gasteiger partial charge in [-0.25, -0.2) is 0 Å². The lowest BCUT2D eigenvalue weighted by molar-refractivity contribution is -0.141. The number of carboxylic acids is 1. The van der Waals surface area contributed by atoms with Gasteiger partial charge in [-0.1, -0.05) is 0 Å². The maximum atomic E-state index is 10.5. The van der Waals surface area contributed by atoms with Crippen LogP contribution in [0.4, 0.5) is 0 Å². The maximum Gasteiger partial charge on any atom is 0.307 e. The molecule has 4 N–H and O–H groups in total. The third-order valence-electron chi connectivity index (χ3n) is 1.50. The van der Waals surface area contributed by atoms with Crippen molar-refractivity contribution in [3.05, 3.63) is 0 Å². The fourth-order valence-corrected chi connectivity index (χ4v) is 1.67. The number of rotatable bonds is 6. The number of carboxylic acid groups (broad SMARTS) is 1. The van der Waals surface area contributed by atoms with Crippen molar-refractivity contribution in [1.29, 1.82) is 0 Å². The van der Waals surface area contributed by atoms with Gasteiger partial charge in [0.1, 0.15) is 0 Å². The van der Waals surface area contributed by atoms with Crippen molar-refractivity contribution in [2.24, 2.45) is 11.7 Å². The van der Waals surface area contributed by atoms with Crippen LogP contribution >= 0.6 is 0 Å². The number of nitrogens with two attached hydrogens (primary N) is 1. The highest BCUT2D eigenvalue weighted by molar-refractivity contribution is 7.85. The van der Waals surface area contributed by atoms with Gasteiger partial charge in [0.2, 0.25) is 5.91 Å². The zero-order chi connectivity index (χ0) is 11.4. The fraction of sp³-hybridized carbons (Fsp3) is 0.667. The summed E-state index contributed by atoms with van der Waals surface area (Å²) in [5.41, 5.74) is 4.76. The maximum absolute atomic E-state index is 10.5. The van der Waals surface area contributed by atoms with Crippen LogP contribution in [0.3, 0.4) is 0 Å². The Morgan fingerprint density at radius 1 is 1.36 bits per heavy atom. The molecule has 0 aromatic heterocycles. The minimum absolute atomic E-state index is 0.204. The fourth-order valence-electron chi connectivity index (χ4n) is 0.849. The highest BCUT2D eigenvalue weighted by Gasteiger charge is 2.23. The summed E-state index contributed by atoms with van der Waals surface area (Å²) in [6, 6.07) is 0. The Morgan fingerprint density at radius 2 is 1.86 bits per heavy atom. The van der Waals surface area contributed by atoms with E-state index in [1.165, 1.54) is 0 Å². The first-order valence-corrected chi connectivity index (χ1v) is 5.29. The summed E-state index contributed by atoms with van der Waals surface area (Å²) < 4.78 is 29.1. The Balaban J connectivity index is 4.32. The predicted molar refractivity (Wildman–Crippen MR) is 46.0 cm³/mol. The van der Waals surface area contributed by atoms with E-state index in [9.17, 15) is 18.0 Å². The van der Waals surface area contributed by atoms with E-state index in [0.29, 0.717) is 0 Å². The minimum Gasteiger partial charge on any atom is -0.481 e. The molecular weight excluding hydrogens is 214 g/mol. The van der Waals surface area contributed by atoms with Crippen LogP contribution in [-0.4, -0.2) is 35.7 Å². The van der Waals surface area contributed by atoms with Crippen LogP contribution < -0.4 is 5.73 Å². The molecule has 82 valence electrons. The van der Waals surface area contributed by atoms with Gasteiger partial charge in [0.05, 0.1) is 11.7 Å². The van der Waals surface area contributed by atoms with Gasteiger partial charge in [-0.15, -0.1) is 0 Å². The minimum atomic E-state index is -4.35. The van der Waals surface area contributed by atoms with E-state index in [2.05, 4.69) is 0 Å². The van der Waals surface area contributed by atoms with Crippen molar-refractivity contribution < 1.29 is 27.7 Å². The quantitative estimate of drug-likeness (QED) is 0.488. The van der Waals surface area contributed by atoms with Crippen molar-refractivity contribution in [3.8, 4) is 0 Å². The molecule has 0 saturated carbocycles. The Hall–Kier alpha value is -1.15. The molecule has 1 atom stereocenters. The third kappa shape index (κ3) is 6.38. The number of carbonyl (C=O) groups is 2. The average Bonchev–Trinajstić information content (AvgIpc) is 1.94. The van der Waals surface area contributed by atoms with Gasteiger partial charge in [-0.05, 0) is 6.42 Å². The van der Waals surface area contributed by atoms with Gasteiger partial charge in [-0.3, -0.25) is 14.1 Å². The second-order valence-corrected chi connectivity index (χ2v) is 4.29. The number of hydrogen-bond acceptors (Lipinski definition) is 4. The van der Waals surface area contributed by atoms with Gasteiger partial charge in [0, 0.05) is 6.42 Å². The monoisotopic (exact) mass is 225 g/mol. The normalized spacial score (nSPS) is 13.5. The van der Waals surface area contributed by atoms with Crippen LogP contribution in [0.1, 0.15) is 12.8 Å². The zero-order valence-electron chi connectivity index (χ0n) is 7.21. The SMILES string of the molecule is NC(=O)CC[C@H](CS(=O)(=O)O)C(=O)O. The number of carbonyl (C=O) groups excluding carboxylic acids is 1. The van der Waals surface area contributed by atoms with Crippen LogP contribution in [0, 0.1) is 5.92 Å². The Morgan fingerprint density at radius 3 is 2.14 bits per heavy atom. The molecule has 0 spiro atoms. The van der Waals surface area contributed by atoms with Crippen LogP contribution in [0.15, 0.2) is 0 Å². The predicted octanol–water partition coefficient (Wildman–Crippen LogP) is -1.16. The molecule has 0 rings (SSSR count). The summed E-state index contributed by atoms with van der Waals surface area (Å²) in [7, 11) is -4.35. The second-order valence-electron chi connectivity index (χ2n) is 2.79. The Labute approximate surface area is 80.6 Å². The summed E-state index contributed by atoms with van der Waals surface area (Å²) in [6.07, 6.45) is -0.434. The molecule has 8 heteroatoms. The van der Waals surface area contributed by atoms with E-state index in [-0.39, 0.29) is 12.8 Å². The lowest BCUT2D eigenvalue weighted by Crippen LogP contribution is -2.25. The smallest absolute Gasteiger partial charge is 0.307 e. The van der Waals surface area contributed by atoms with Gasteiger partial charge < -0.3 is 10.8 Å². The number of amides is 1. The molecule has 1 amide bonds. The van der Waals surface area contributed by atoms with E-state index in [4.69, 9.17) is 15.4 Å². The molecule has 0 aliphatic carbocycles. The second kappa shape index (κ2) is 4.91. The standard InChI is InChI=1S/C6H11NO6S/c7-5(8)2-1-4(6(9)10)3-14(11,12)13/h4H,1-3H2,(H2,7,8)(H,9,10)(H,11,12,13)/t4-/m1/s1. The Kier molecular flexibility index (Phi) is 4.51. The molecule has 0 bridgehead atoms. The summed E-state index contributed by atoms with van der Waals surface area (Å²) >= 11 is 0. The summed E-state index contributed by atoms with van der Waals surface area (Å²) in [6.45, 7) is 0. The summed E-state index contributed by atoms with van der Waals surface area (Å²) in [4.78, 5) is 20.8. The first-order chi connectivity index (χ1) is 6.22. The van der Waals surface area contributed by atoms with Crippen molar-refractivity contribution in [2.75, 3.05) is 5.75 Å². The van der Waals surface area contributed by atoms with Crippen LogP contribution in [-0.2, 0) is 19.7 Å². The first-order valence-electron chi connectivity index (χ1n) is 3.68. The van der Waals surface area contributed by atoms with Crippen molar-refractivity contribution in [2.45, 2.75) is 12.8 Å². The molecule has 0 aromatic rings. The highest BCUT2D eigenvalue weighted by atomic mass is 32.2. The zero-order valence-corrected chi connectivity index (χ0v) is 8.03. The number of aliphatic carboxylic acids is 1. The van der Waals surface area contributed by atoms with Crippen molar-refractivity contribution in [3.63, 3.8) is 0 Å². The van der Waals surface area contributed by atoms with E-state index in [1.54, 1.807) is 0 Å². The average molecular weight is 225 g/mol. The molecule has 0 aliphatic rings. The summed E-state index contributed by atoms with van der Waals surface area (Å²) in [5.74, 6) is -4.32. The van der Waals surface area contributed by atoms with E-state index in [0.717, 1.165) is 0 Å². The van der Waals surface area contributed by atoms with Crippen molar-refractivity contribution >= 4 is 22.0 Å². The molecule has 0 aliphatic heterocycles. The highest BCUT2D eigenvalue weighted by Crippen LogP contribution is 2.09. The first kappa shape index (κ1) is 12.8. The van der Waals surface area contributed by atoms with Crippen LogP contribution in [0.5, 0.6) is 0 Å². The molecule has 0 radical (unpaired) electrons. The number of hydrogen-bond donors (Lipinski definition) is 3. The van der Waals surface area contributed by atoms with Gasteiger partial charge in [-0.2, -0.15) is 8.42 Å². The van der Waals surface area contributed by atoms with Gasteiger partial charge in [0.25, 0.3) is 10.1 Å². The third-order valence-corrected chi connectivity index (χ3v) is 2.32. The van der Waals surface area contributed by atoms with Gasteiger partial charge in [0.15, 0.2) is 0 Å². The Bertz CT molecular complexity index is 321. The molecule has 0 aromatic carbocycles. The molecule has 0 saturated heterocycles. The van der Waals surface area contributed by atoms with Gasteiger partial charge >= 0.3 is 5.97 Å². The molecule has 0 heterocycles. The number of primary amides is 1. The molecule has 0 fully saturated rings. The van der Waals surface area contributed by atoms with Crippen molar-refractivity contribution in [1.82, 2.24) is 0 Å². The largest absolute Gasteiger partial charge is 0.481 e. The van der Waals surface area contributed by atoms with Crippen LogP contribution in [0.25, 0.3) is 0 Å². The summed E-state index contributed by atoms with van der Waals surface area (Å²) in [5, 5.41) is 8.52. The lowest BCUT2D eigenvalue weighted by Gasteiger charge is -2.08. The van der Waals surface area contributed by atoms with Crippen LogP contribution in [0.2, 0.25) is 0 Å². The van der Waals surface area contributed by atoms with E-state index < -0.39 is 33.7 Å². The topological polar surface area (TPSA) is 135 Å². The lowest BCUT2D eigenvalue weighted by atomic mass is 10.1. The van der Waals surface area contributed by atoms with E-state index >= 15 is 0 Å². The molecule has 7 nitrogen and oxygen atoms in total. The van der Waals surface area contributed by atoms with E-state index in [1.807, 2.05) is 0 Å². The molecular formula is C6H11NO6S. The molecule has 0 unspecified atom stereocenters. The molecule has 14 heavy (non-hydrogen) atoms.